The van der Waals surface area contributed by atoms with Gasteiger partial charge in [-0.1, -0.05) is 41.9 Å². The monoisotopic (exact) mass is 327 g/mol. The number of hydrogen-bond donors (Lipinski definition) is 1. The summed E-state index contributed by atoms with van der Waals surface area (Å²) < 4.78 is 0. The largest absolute Gasteiger partial charge is 0.354 e. The second-order valence-corrected chi connectivity index (χ2v) is 6.16. The molecule has 0 saturated carbocycles. The van der Waals surface area contributed by atoms with E-state index in [2.05, 4.69) is 22.2 Å². The highest BCUT2D eigenvalue weighted by Crippen LogP contribution is 2.33. The van der Waals surface area contributed by atoms with Crippen molar-refractivity contribution >= 4 is 40.9 Å². The fourth-order valence-corrected chi connectivity index (χ4v) is 2.75. The predicted molar refractivity (Wildman–Crippen MR) is 86.1 cm³/mol. The number of rotatable bonds is 5. The second kappa shape index (κ2) is 7.16. The Morgan fingerprint density at radius 3 is 2.75 bits per heavy atom. The summed E-state index contributed by atoms with van der Waals surface area (Å²) >= 11 is 13.5. The summed E-state index contributed by atoms with van der Waals surface area (Å²) in [7, 11) is 0. The lowest BCUT2D eigenvalue weighted by Gasteiger charge is -2.08. The van der Waals surface area contributed by atoms with Gasteiger partial charge < -0.3 is 5.32 Å². The molecule has 1 heterocycles. The Hall–Kier alpha value is -0.970. The van der Waals surface area contributed by atoms with Crippen molar-refractivity contribution in [2.75, 3.05) is 11.9 Å². The zero-order chi connectivity index (χ0) is 14.5. The van der Waals surface area contributed by atoms with Gasteiger partial charge in [0.1, 0.15) is 5.03 Å². The maximum atomic E-state index is 6.03. The van der Waals surface area contributed by atoms with Gasteiger partial charge in [-0.15, -0.1) is 0 Å². The molecule has 0 aliphatic carbocycles. The van der Waals surface area contributed by atoms with E-state index in [1.807, 2.05) is 25.3 Å². The lowest BCUT2D eigenvalue weighted by Crippen LogP contribution is -2.05. The van der Waals surface area contributed by atoms with Crippen LogP contribution in [0.5, 0.6) is 0 Å². The minimum absolute atomic E-state index is 0.549. The fraction of sp³-hybridized carbons (Fsp3) is 0.286. The number of anilines is 1. The van der Waals surface area contributed by atoms with Crippen LogP contribution in [0.1, 0.15) is 18.9 Å². The van der Waals surface area contributed by atoms with Crippen molar-refractivity contribution in [3.05, 3.63) is 40.0 Å². The van der Waals surface area contributed by atoms with Crippen LogP contribution in [0.4, 0.5) is 5.95 Å². The normalized spacial score (nSPS) is 10.6. The molecule has 3 nitrogen and oxygen atoms in total. The zero-order valence-corrected chi connectivity index (χ0v) is 13.6. The number of aromatic nitrogens is 2. The molecule has 0 fully saturated rings. The van der Waals surface area contributed by atoms with Crippen molar-refractivity contribution in [3.8, 4) is 0 Å². The number of hydrogen-bond acceptors (Lipinski definition) is 4. The first-order valence-electron chi connectivity index (χ1n) is 6.30. The van der Waals surface area contributed by atoms with Crippen LogP contribution in [0.25, 0.3) is 0 Å². The van der Waals surface area contributed by atoms with Crippen LogP contribution in [0.3, 0.4) is 0 Å². The van der Waals surface area contributed by atoms with Gasteiger partial charge in [0.2, 0.25) is 5.95 Å². The van der Waals surface area contributed by atoms with Gasteiger partial charge in [-0.2, -0.15) is 0 Å². The van der Waals surface area contributed by atoms with E-state index in [1.165, 1.54) is 0 Å². The SMILES string of the molecule is CCCNc1ncc(C)c(Sc2ccc(Cl)c(Cl)c2)n1. The van der Waals surface area contributed by atoms with Crippen molar-refractivity contribution < 1.29 is 0 Å². The Balaban J connectivity index is 2.20. The molecular formula is C14H15Cl2N3S. The summed E-state index contributed by atoms with van der Waals surface area (Å²) in [5.41, 5.74) is 1.03. The Morgan fingerprint density at radius 1 is 1.25 bits per heavy atom. The molecule has 1 aromatic heterocycles. The average molecular weight is 328 g/mol. The molecular weight excluding hydrogens is 313 g/mol. The first kappa shape index (κ1) is 15.4. The molecule has 0 aliphatic heterocycles. The number of nitrogens with one attached hydrogen (secondary N) is 1. The minimum Gasteiger partial charge on any atom is -0.354 e. The predicted octanol–water partition coefficient (Wildman–Crippen LogP) is 5.06. The molecule has 0 unspecified atom stereocenters. The third kappa shape index (κ3) is 4.01. The molecule has 6 heteroatoms. The van der Waals surface area contributed by atoms with E-state index < -0.39 is 0 Å². The van der Waals surface area contributed by atoms with Crippen LogP contribution < -0.4 is 5.32 Å². The molecule has 0 saturated heterocycles. The van der Waals surface area contributed by atoms with Crippen LogP contribution in [0.15, 0.2) is 34.3 Å². The van der Waals surface area contributed by atoms with Crippen LogP contribution in [-0.4, -0.2) is 16.5 Å². The average Bonchev–Trinajstić information content (AvgIpc) is 2.44. The molecule has 1 aromatic carbocycles. The number of nitrogens with zero attached hydrogens (tertiary/aromatic N) is 2. The third-order valence-corrected chi connectivity index (χ3v) is 4.40. The Kier molecular flexibility index (Phi) is 5.52. The van der Waals surface area contributed by atoms with Crippen LogP contribution in [0.2, 0.25) is 10.0 Å². The Labute approximate surface area is 133 Å². The second-order valence-electron chi connectivity index (χ2n) is 4.29. The Bertz CT molecular complexity index is 605. The summed E-state index contributed by atoms with van der Waals surface area (Å²) in [4.78, 5) is 9.79. The van der Waals surface area contributed by atoms with E-state index in [4.69, 9.17) is 23.2 Å². The summed E-state index contributed by atoms with van der Waals surface area (Å²) in [6.07, 6.45) is 2.86. The fourth-order valence-electron chi connectivity index (χ4n) is 1.50. The van der Waals surface area contributed by atoms with Gasteiger partial charge in [-0.25, -0.2) is 9.97 Å². The molecule has 0 atom stereocenters. The molecule has 1 N–H and O–H groups in total. The van der Waals surface area contributed by atoms with Gasteiger partial charge in [0, 0.05) is 23.2 Å². The van der Waals surface area contributed by atoms with E-state index in [9.17, 15) is 0 Å². The number of aryl methyl sites for hydroxylation is 1. The highest BCUT2D eigenvalue weighted by molar-refractivity contribution is 7.99. The standard InChI is InChI=1S/C14H15Cl2N3S/c1-3-6-17-14-18-8-9(2)13(19-14)20-10-4-5-11(15)12(16)7-10/h4-5,7-8H,3,6H2,1-2H3,(H,17,18,19). The van der Waals surface area contributed by atoms with Gasteiger partial charge in [0.15, 0.2) is 0 Å². The van der Waals surface area contributed by atoms with Crippen LogP contribution in [0, 0.1) is 6.92 Å². The van der Waals surface area contributed by atoms with Gasteiger partial charge in [-0.3, -0.25) is 0 Å². The summed E-state index contributed by atoms with van der Waals surface area (Å²) in [6, 6.07) is 5.56. The van der Waals surface area contributed by atoms with Crippen molar-refractivity contribution in [2.24, 2.45) is 0 Å². The molecule has 0 amide bonds. The molecule has 106 valence electrons. The molecule has 2 rings (SSSR count). The van der Waals surface area contributed by atoms with Crippen molar-refractivity contribution in [1.29, 1.82) is 0 Å². The van der Waals surface area contributed by atoms with Gasteiger partial charge in [0.25, 0.3) is 0 Å². The maximum absolute atomic E-state index is 6.03. The molecule has 0 radical (unpaired) electrons. The quantitative estimate of drug-likeness (QED) is 0.778. The van der Waals surface area contributed by atoms with Crippen molar-refractivity contribution in [3.63, 3.8) is 0 Å². The van der Waals surface area contributed by atoms with Crippen LogP contribution in [-0.2, 0) is 0 Å². The molecule has 2 aromatic rings. The first-order chi connectivity index (χ1) is 9.60. The van der Waals surface area contributed by atoms with Crippen molar-refractivity contribution in [2.45, 2.75) is 30.2 Å². The maximum Gasteiger partial charge on any atom is 0.223 e. The highest BCUT2D eigenvalue weighted by Gasteiger charge is 2.07. The van der Waals surface area contributed by atoms with E-state index in [-0.39, 0.29) is 0 Å². The van der Waals surface area contributed by atoms with Gasteiger partial charge >= 0.3 is 0 Å². The third-order valence-electron chi connectivity index (χ3n) is 2.56. The smallest absolute Gasteiger partial charge is 0.223 e. The van der Waals surface area contributed by atoms with E-state index in [0.717, 1.165) is 28.5 Å². The van der Waals surface area contributed by atoms with E-state index in [0.29, 0.717) is 16.0 Å². The van der Waals surface area contributed by atoms with E-state index in [1.54, 1.807) is 17.8 Å². The summed E-state index contributed by atoms with van der Waals surface area (Å²) in [5.74, 6) is 0.653. The van der Waals surface area contributed by atoms with E-state index >= 15 is 0 Å². The Morgan fingerprint density at radius 2 is 2.05 bits per heavy atom. The number of halogens is 2. The summed E-state index contributed by atoms with van der Waals surface area (Å²) in [5, 5.41) is 5.20. The van der Waals surface area contributed by atoms with Crippen LogP contribution >= 0.6 is 35.0 Å². The van der Waals surface area contributed by atoms with Gasteiger partial charge in [0.05, 0.1) is 10.0 Å². The zero-order valence-electron chi connectivity index (χ0n) is 11.3. The summed E-state index contributed by atoms with van der Waals surface area (Å²) in [6.45, 7) is 4.95. The highest BCUT2D eigenvalue weighted by atomic mass is 35.5. The lowest BCUT2D eigenvalue weighted by molar-refractivity contribution is 0.925. The molecule has 20 heavy (non-hydrogen) atoms. The van der Waals surface area contributed by atoms with Crippen molar-refractivity contribution in [1.82, 2.24) is 9.97 Å². The molecule has 0 bridgehead atoms. The number of benzene rings is 1. The minimum atomic E-state index is 0.549. The first-order valence-corrected chi connectivity index (χ1v) is 7.88. The molecule has 0 spiro atoms. The topological polar surface area (TPSA) is 37.8 Å². The lowest BCUT2D eigenvalue weighted by atomic mass is 10.4. The van der Waals surface area contributed by atoms with Gasteiger partial charge in [-0.05, 0) is 31.5 Å². The molecule has 0 aliphatic rings.